The highest BCUT2D eigenvalue weighted by atomic mass is 19.4. The molecule has 0 aliphatic heterocycles. The highest BCUT2D eigenvalue weighted by Gasteiger charge is 2.55. The normalized spacial score (nSPS) is 21.9. The van der Waals surface area contributed by atoms with Crippen molar-refractivity contribution in [3.8, 4) is 0 Å². The van der Waals surface area contributed by atoms with E-state index >= 15 is 0 Å². The van der Waals surface area contributed by atoms with Crippen molar-refractivity contribution in [2.24, 2.45) is 11.1 Å². The van der Waals surface area contributed by atoms with Crippen LogP contribution in [0.15, 0.2) is 0 Å². The van der Waals surface area contributed by atoms with E-state index in [1.165, 1.54) is 0 Å². The molecule has 1 aliphatic rings. The molecule has 1 fully saturated rings. The summed E-state index contributed by atoms with van der Waals surface area (Å²) in [6, 6.07) is 0. The van der Waals surface area contributed by atoms with Gasteiger partial charge in [0.05, 0.1) is 5.41 Å². The van der Waals surface area contributed by atoms with Crippen molar-refractivity contribution >= 4 is 5.91 Å². The van der Waals surface area contributed by atoms with E-state index in [9.17, 15) is 18.0 Å². The number of hydrogen-bond donors (Lipinski definition) is 1. The van der Waals surface area contributed by atoms with E-state index in [1.54, 1.807) is 0 Å². The number of halogens is 3. The summed E-state index contributed by atoms with van der Waals surface area (Å²) in [7, 11) is 0. The van der Waals surface area contributed by atoms with Crippen LogP contribution in [0, 0.1) is 5.41 Å². The molecule has 0 saturated heterocycles. The molecule has 1 amide bonds. The van der Waals surface area contributed by atoms with Crippen LogP contribution >= 0.6 is 0 Å². The van der Waals surface area contributed by atoms with Crippen LogP contribution in [0.5, 0.6) is 0 Å². The molecule has 1 saturated carbocycles. The van der Waals surface area contributed by atoms with Gasteiger partial charge in [-0.25, -0.2) is 0 Å². The fourth-order valence-corrected chi connectivity index (χ4v) is 2.12. The lowest BCUT2D eigenvalue weighted by atomic mass is 9.71. The number of rotatable bonds is 2. The van der Waals surface area contributed by atoms with Crippen LogP contribution in [-0.2, 0) is 4.79 Å². The predicted molar refractivity (Wildman–Crippen MR) is 45.4 cm³/mol. The first-order chi connectivity index (χ1) is 6.37. The van der Waals surface area contributed by atoms with Crippen LogP contribution in [-0.4, -0.2) is 12.1 Å². The quantitative estimate of drug-likeness (QED) is 0.745. The van der Waals surface area contributed by atoms with Gasteiger partial charge < -0.3 is 5.73 Å². The van der Waals surface area contributed by atoms with E-state index in [0.29, 0.717) is 12.8 Å². The summed E-state index contributed by atoms with van der Waals surface area (Å²) in [6.45, 7) is 0. The van der Waals surface area contributed by atoms with Crippen LogP contribution < -0.4 is 5.73 Å². The maximum absolute atomic E-state index is 12.7. The molecule has 1 aliphatic carbocycles. The lowest BCUT2D eigenvalue weighted by molar-refractivity contribution is -0.236. The average Bonchev–Trinajstić information content (AvgIpc) is 2.02. The van der Waals surface area contributed by atoms with Gasteiger partial charge in [-0.1, -0.05) is 19.3 Å². The lowest BCUT2D eigenvalue weighted by Crippen LogP contribution is -2.42. The molecule has 0 heterocycles. The van der Waals surface area contributed by atoms with E-state index in [-0.39, 0.29) is 12.8 Å². The van der Waals surface area contributed by atoms with Crippen molar-refractivity contribution in [1.82, 2.24) is 0 Å². The second kappa shape index (κ2) is 3.79. The van der Waals surface area contributed by atoms with Crippen molar-refractivity contribution in [2.45, 2.75) is 44.7 Å². The Balaban J connectivity index is 2.83. The van der Waals surface area contributed by atoms with Gasteiger partial charge in [0.15, 0.2) is 0 Å². The first kappa shape index (κ1) is 11.3. The van der Waals surface area contributed by atoms with Crippen molar-refractivity contribution in [1.29, 1.82) is 0 Å². The molecule has 0 aromatic heterocycles. The highest BCUT2D eigenvalue weighted by molar-refractivity contribution is 5.74. The Morgan fingerprint density at radius 3 is 2.07 bits per heavy atom. The number of amides is 1. The second-order valence-corrected chi connectivity index (χ2v) is 3.98. The van der Waals surface area contributed by atoms with E-state index in [1.807, 2.05) is 0 Å². The zero-order chi connectivity index (χ0) is 10.8. The third-order valence-electron chi connectivity index (χ3n) is 2.92. The number of alkyl halides is 3. The Hall–Kier alpha value is -0.740. The van der Waals surface area contributed by atoms with Gasteiger partial charge in [-0.05, 0) is 12.8 Å². The molecule has 82 valence electrons. The molecule has 0 spiro atoms. The van der Waals surface area contributed by atoms with Crippen LogP contribution in [0.4, 0.5) is 13.2 Å². The summed E-state index contributed by atoms with van der Waals surface area (Å²) in [5.41, 5.74) is 3.03. The molecule has 0 aromatic carbocycles. The lowest BCUT2D eigenvalue weighted by Gasteiger charge is -2.37. The number of hydrogen-bond acceptors (Lipinski definition) is 1. The molecule has 2 N–H and O–H groups in total. The molecule has 0 radical (unpaired) electrons. The van der Waals surface area contributed by atoms with Crippen LogP contribution in [0.1, 0.15) is 38.5 Å². The summed E-state index contributed by atoms with van der Waals surface area (Å²) in [5.74, 6) is -0.857. The molecule has 0 atom stereocenters. The smallest absolute Gasteiger partial charge is 0.370 e. The van der Waals surface area contributed by atoms with Gasteiger partial charge in [-0.3, -0.25) is 4.79 Å². The molecule has 14 heavy (non-hydrogen) atoms. The fourth-order valence-electron chi connectivity index (χ4n) is 2.12. The van der Waals surface area contributed by atoms with E-state index < -0.39 is 23.9 Å². The Morgan fingerprint density at radius 2 is 1.71 bits per heavy atom. The highest BCUT2D eigenvalue weighted by Crippen LogP contribution is 2.51. The predicted octanol–water partition coefficient (Wildman–Crippen LogP) is 2.37. The minimum Gasteiger partial charge on any atom is -0.370 e. The number of nitrogens with two attached hydrogens (primary N) is 1. The van der Waals surface area contributed by atoms with Crippen LogP contribution in [0.3, 0.4) is 0 Å². The Kier molecular flexibility index (Phi) is 3.07. The molecule has 1 rings (SSSR count). The van der Waals surface area contributed by atoms with Gasteiger partial charge in [-0.2, -0.15) is 13.2 Å². The van der Waals surface area contributed by atoms with Gasteiger partial charge in [-0.15, -0.1) is 0 Å². The zero-order valence-corrected chi connectivity index (χ0v) is 7.86. The summed E-state index contributed by atoms with van der Waals surface area (Å²) in [6.07, 6.45) is -2.89. The summed E-state index contributed by atoms with van der Waals surface area (Å²) in [4.78, 5) is 10.6. The molecule has 0 unspecified atom stereocenters. The second-order valence-electron chi connectivity index (χ2n) is 3.98. The Bertz CT molecular complexity index is 219. The molecular formula is C9H14F3NO. The molecular weight excluding hydrogens is 195 g/mol. The fraction of sp³-hybridized carbons (Fsp3) is 0.889. The van der Waals surface area contributed by atoms with E-state index in [0.717, 1.165) is 6.42 Å². The molecule has 0 aromatic rings. The van der Waals surface area contributed by atoms with E-state index in [2.05, 4.69) is 0 Å². The maximum Gasteiger partial charge on any atom is 0.395 e. The average molecular weight is 209 g/mol. The first-order valence-corrected chi connectivity index (χ1v) is 4.72. The zero-order valence-electron chi connectivity index (χ0n) is 7.86. The van der Waals surface area contributed by atoms with Crippen LogP contribution in [0.2, 0.25) is 0 Å². The monoisotopic (exact) mass is 209 g/mol. The number of carbonyl (C=O) groups excluding carboxylic acids is 1. The van der Waals surface area contributed by atoms with Gasteiger partial charge in [0, 0.05) is 6.42 Å². The minimum absolute atomic E-state index is 0.0411. The largest absolute Gasteiger partial charge is 0.395 e. The van der Waals surface area contributed by atoms with Gasteiger partial charge >= 0.3 is 6.18 Å². The topological polar surface area (TPSA) is 43.1 Å². The third-order valence-corrected chi connectivity index (χ3v) is 2.92. The standard InChI is InChI=1S/C9H14F3NO/c10-9(11,12)8(6-7(13)14)4-2-1-3-5-8/h1-6H2,(H2,13,14). The molecule has 0 bridgehead atoms. The number of carbonyl (C=O) groups is 1. The molecule has 2 nitrogen and oxygen atoms in total. The van der Waals surface area contributed by atoms with E-state index in [4.69, 9.17) is 5.73 Å². The first-order valence-electron chi connectivity index (χ1n) is 4.72. The summed E-state index contributed by atoms with van der Waals surface area (Å²) < 4.78 is 38.2. The van der Waals surface area contributed by atoms with Crippen LogP contribution in [0.25, 0.3) is 0 Å². The van der Waals surface area contributed by atoms with Crippen molar-refractivity contribution in [3.63, 3.8) is 0 Å². The Morgan fingerprint density at radius 1 is 1.21 bits per heavy atom. The maximum atomic E-state index is 12.7. The van der Waals surface area contributed by atoms with Crippen molar-refractivity contribution < 1.29 is 18.0 Å². The van der Waals surface area contributed by atoms with Crippen molar-refractivity contribution in [3.05, 3.63) is 0 Å². The summed E-state index contributed by atoms with van der Waals surface area (Å²) in [5, 5.41) is 0. The van der Waals surface area contributed by atoms with Gasteiger partial charge in [0.2, 0.25) is 5.91 Å². The SMILES string of the molecule is NC(=O)CC1(C(F)(F)F)CCCCC1. The summed E-state index contributed by atoms with van der Waals surface area (Å²) >= 11 is 0. The number of primary amides is 1. The third kappa shape index (κ3) is 2.19. The molecule has 5 heteroatoms. The van der Waals surface area contributed by atoms with Gasteiger partial charge in [0.1, 0.15) is 0 Å². The van der Waals surface area contributed by atoms with Crippen molar-refractivity contribution in [2.75, 3.05) is 0 Å². The van der Waals surface area contributed by atoms with Gasteiger partial charge in [0.25, 0.3) is 0 Å². The minimum atomic E-state index is -4.30. The Labute approximate surface area is 80.7 Å².